The highest BCUT2D eigenvalue weighted by molar-refractivity contribution is 6.06. The van der Waals surface area contributed by atoms with E-state index in [2.05, 4.69) is 5.10 Å². The van der Waals surface area contributed by atoms with Crippen LogP contribution in [0.5, 0.6) is 0 Å². The van der Waals surface area contributed by atoms with Gasteiger partial charge in [0.1, 0.15) is 5.82 Å². The van der Waals surface area contributed by atoms with Gasteiger partial charge in [-0.25, -0.2) is 9.07 Å². The van der Waals surface area contributed by atoms with Crippen molar-refractivity contribution in [1.82, 2.24) is 14.3 Å². The van der Waals surface area contributed by atoms with Gasteiger partial charge in [-0.1, -0.05) is 18.2 Å². The fourth-order valence-electron chi connectivity index (χ4n) is 4.79. The average molecular weight is 542 g/mol. The van der Waals surface area contributed by atoms with E-state index in [-0.39, 0.29) is 28.4 Å². The lowest BCUT2D eigenvalue weighted by molar-refractivity contribution is -0.247. The molecular formula is C27H22F4N4O4. The maximum absolute atomic E-state index is 14.8. The first-order chi connectivity index (χ1) is 18.5. The van der Waals surface area contributed by atoms with Crippen LogP contribution in [0.2, 0.25) is 0 Å². The van der Waals surface area contributed by atoms with E-state index in [1.54, 1.807) is 0 Å². The molecule has 0 aliphatic carbocycles. The molecule has 12 heteroatoms. The highest BCUT2D eigenvalue weighted by Gasteiger charge is 2.57. The molecule has 0 aliphatic heterocycles. The molecule has 0 bridgehead atoms. The number of halogens is 4. The van der Waals surface area contributed by atoms with Crippen molar-refractivity contribution >= 4 is 27.7 Å². The predicted octanol–water partition coefficient (Wildman–Crippen LogP) is 3.37. The molecule has 2 aromatic heterocycles. The van der Waals surface area contributed by atoms with Crippen molar-refractivity contribution in [3.05, 3.63) is 95.6 Å². The van der Waals surface area contributed by atoms with Gasteiger partial charge in [-0.2, -0.15) is 18.3 Å². The Morgan fingerprint density at radius 1 is 1.08 bits per heavy atom. The van der Waals surface area contributed by atoms with Crippen molar-refractivity contribution in [2.45, 2.75) is 24.4 Å². The van der Waals surface area contributed by atoms with Gasteiger partial charge in [-0.15, -0.1) is 0 Å². The molecule has 1 amide bonds. The van der Waals surface area contributed by atoms with Crippen molar-refractivity contribution in [2.75, 3.05) is 6.61 Å². The fourth-order valence-corrected chi connectivity index (χ4v) is 4.79. The maximum atomic E-state index is 14.8. The Balaban J connectivity index is 1.73. The van der Waals surface area contributed by atoms with Gasteiger partial charge in [0.25, 0.3) is 5.91 Å². The molecule has 8 nitrogen and oxygen atoms in total. The third-order valence-electron chi connectivity index (χ3n) is 6.64. The number of rotatable bonds is 7. The number of nitrogens with zero attached hydrogens (tertiary/aromatic N) is 3. The van der Waals surface area contributed by atoms with E-state index in [4.69, 9.17) is 5.73 Å². The van der Waals surface area contributed by atoms with Crippen molar-refractivity contribution in [3.8, 4) is 5.69 Å². The molecule has 2 unspecified atom stereocenters. The number of benzene rings is 3. The lowest BCUT2D eigenvalue weighted by Gasteiger charge is -2.31. The number of hydrogen-bond donors (Lipinski definition) is 4. The number of aliphatic hydroxyl groups excluding tert-OH is 2. The first-order valence-corrected chi connectivity index (χ1v) is 11.7. The highest BCUT2D eigenvalue weighted by atomic mass is 19.4. The van der Waals surface area contributed by atoms with E-state index in [9.17, 15) is 37.7 Å². The first kappa shape index (κ1) is 26.4. The molecule has 0 fully saturated rings. The molecule has 39 heavy (non-hydrogen) atoms. The topological polar surface area (TPSA) is 127 Å². The van der Waals surface area contributed by atoms with Crippen LogP contribution in [-0.4, -0.2) is 54.5 Å². The summed E-state index contributed by atoms with van der Waals surface area (Å²) in [6.07, 6.45) is -4.27. The van der Waals surface area contributed by atoms with E-state index in [0.717, 1.165) is 22.9 Å². The number of amides is 1. The Morgan fingerprint density at radius 2 is 1.79 bits per heavy atom. The lowest BCUT2D eigenvalue weighted by Crippen LogP contribution is -2.43. The van der Waals surface area contributed by atoms with Crippen LogP contribution in [0.4, 0.5) is 17.6 Å². The molecule has 5 aromatic rings. The number of para-hydroxylation sites is 1. The molecule has 0 saturated carbocycles. The Hall–Kier alpha value is -4.26. The second kappa shape index (κ2) is 9.49. The van der Waals surface area contributed by atoms with E-state index in [1.807, 2.05) is 0 Å². The predicted molar refractivity (Wildman–Crippen MR) is 134 cm³/mol. The Kier molecular flexibility index (Phi) is 6.41. The van der Waals surface area contributed by atoms with Crippen LogP contribution in [0.3, 0.4) is 0 Å². The molecule has 0 saturated heterocycles. The molecule has 202 valence electrons. The van der Waals surface area contributed by atoms with E-state index < -0.39 is 47.3 Å². The summed E-state index contributed by atoms with van der Waals surface area (Å²) >= 11 is 0. The second-order valence-corrected chi connectivity index (χ2v) is 9.11. The molecule has 3 aromatic carbocycles. The Morgan fingerprint density at radius 3 is 2.44 bits per heavy atom. The van der Waals surface area contributed by atoms with Crippen LogP contribution >= 0.6 is 0 Å². The second-order valence-electron chi connectivity index (χ2n) is 9.11. The fraction of sp³-hybridized carbons (Fsp3) is 0.185. The van der Waals surface area contributed by atoms with Gasteiger partial charge in [-0.05, 0) is 48.0 Å². The van der Waals surface area contributed by atoms with E-state index >= 15 is 0 Å². The number of nitrogens with two attached hydrogens (primary N) is 1. The smallest absolute Gasteiger partial charge is 0.394 e. The van der Waals surface area contributed by atoms with Gasteiger partial charge < -0.3 is 25.6 Å². The third-order valence-corrected chi connectivity index (χ3v) is 6.64. The molecule has 0 aliphatic rings. The monoisotopic (exact) mass is 542 g/mol. The van der Waals surface area contributed by atoms with Gasteiger partial charge >= 0.3 is 6.18 Å². The number of primary amides is 1. The maximum Gasteiger partial charge on any atom is 0.425 e. The van der Waals surface area contributed by atoms with Crippen LogP contribution in [0, 0.1) is 5.82 Å². The van der Waals surface area contributed by atoms with Crippen LogP contribution in [0.25, 0.3) is 27.5 Å². The number of carbonyl (C=O) groups excluding carboxylic acids is 1. The Bertz CT molecular complexity index is 1690. The summed E-state index contributed by atoms with van der Waals surface area (Å²) in [4.78, 5) is 12.1. The summed E-state index contributed by atoms with van der Waals surface area (Å²) in [6, 6.07) is 13.0. The molecule has 0 spiro atoms. The Labute approximate surface area is 218 Å². The number of aromatic nitrogens is 3. The summed E-state index contributed by atoms with van der Waals surface area (Å²) in [5, 5.41) is 35.2. The molecule has 5 rings (SSSR count). The van der Waals surface area contributed by atoms with E-state index in [1.165, 1.54) is 59.4 Å². The molecule has 2 heterocycles. The van der Waals surface area contributed by atoms with Crippen LogP contribution in [-0.2, 0) is 12.1 Å². The zero-order valence-electron chi connectivity index (χ0n) is 20.1. The third kappa shape index (κ3) is 4.32. The SMILES string of the molecule is NC(=O)c1cccc2c(C(O)(c3ccc4c(cnn4-c4ccc(F)cc4)c3)C(F)(F)F)cn(CC(O)CO)c12. The summed E-state index contributed by atoms with van der Waals surface area (Å²) in [6.45, 7) is -1.05. The average Bonchev–Trinajstić information content (AvgIpc) is 3.49. The minimum atomic E-state index is -5.23. The van der Waals surface area contributed by atoms with Gasteiger partial charge in [0, 0.05) is 22.5 Å². The van der Waals surface area contributed by atoms with Gasteiger partial charge in [0.15, 0.2) is 0 Å². The summed E-state index contributed by atoms with van der Waals surface area (Å²) in [5.74, 6) is -1.38. The van der Waals surface area contributed by atoms with Crippen LogP contribution < -0.4 is 5.73 Å². The molecule has 2 atom stereocenters. The molecular weight excluding hydrogens is 520 g/mol. The minimum Gasteiger partial charge on any atom is -0.394 e. The van der Waals surface area contributed by atoms with Gasteiger partial charge in [0.2, 0.25) is 5.60 Å². The quantitative estimate of drug-likeness (QED) is 0.235. The highest BCUT2D eigenvalue weighted by Crippen LogP contribution is 2.48. The number of carbonyl (C=O) groups is 1. The largest absolute Gasteiger partial charge is 0.425 e. The number of alkyl halides is 3. The van der Waals surface area contributed by atoms with Crippen molar-refractivity contribution in [2.24, 2.45) is 5.73 Å². The van der Waals surface area contributed by atoms with Crippen LogP contribution in [0.1, 0.15) is 21.5 Å². The zero-order chi connectivity index (χ0) is 28.1. The number of fused-ring (bicyclic) bond motifs is 2. The summed E-state index contributed by atoms with van der Waals surface area (Å²) in [7, 11) is 0. The molecule has 0 radical (unpaired) electrons. The number of aliphatic hydroxyl groups is 3. The van der Waals surface area contributed by atoms with Gasteiger partial charge in [-0.3, -0.25) is 4.79 Å². The standard InChI is InChI=1S/C27H22F4N4O4/c28-17-5-7-18(8-6-17)35-23-9-4-16(10-15(23)11-33-35)26(39,27(29,30)31)22-13-34(12-19(37)14-36)24-20(22)2-1-3-21(24)25(32)38/h1-11,13,19,36-37,39H,12,14H2,(H2,32,38). The van der Waals surface area contributed by atoms with E-state index in [0.29, 0.717) is 11.2 Å². The first-order valence-electron chi connectivity index (χ1n) is 11.7. The lowest BCUT2D eigenvalue weighted by atomic mass is 9.84. The summed E-state index contributed by atoms with van der Waals surface area (Å²) < 4.78 is 60.4. The normalized spacial score (nSPS) is 14.5. The van der Waals surface area contributed by atoms with Crippen molar-refractivity contribution in [3.63, 3.8) is 0 Å². The van der Waals surface area contributed by atoms with Crippen LogP contribution in [0.15, 0.2) is 73.1 Å². The molecule has 5 N–H and O–H groups in total. The number of hydrogen-bond acceptors (Lipinski definition) is 5. The van der Waals surface area contributed by atoms with Gasteiger partial charge in [0.05, 0.1) is 47.7 Å². The zero-order valence-corrected chi connectivity index (χ0v) is 20.1. The van der Waals surface area contributed by atoms with Crippen molar-refractivity contribution < 1.29 is 37.7 Å². The summed E-state index contributed by atoms with van der Waals surface area (Å²) in [5.41, 5.74) is 1.55. The van der Waals surface area contributed by atoms with Crippen molar-refractivity contribution in [1.29, 1.82) is 0 Å². The minimum absolute atomic E-state index is 0.0274.